The highest BCUT2D eigenvalue weighted by atomic mass is 32.2. The van der Waals surface area contributed by atoms with Gasteiger partial charge in [-0.3, -0.25) is 4.79 Å². The highest BCUT2D eigenvalue weighted by Crippen LogP contribution is 2.42. The lowest BCUT2D eigenvalue weighted by Gasteiger charge is -2.19. The van der Waals surface area contributed by atoms with Crippen molar-refractivity contribution in [1.29, 1.82) is 0 Å². The number of pyridine rings is 1. The molecule has 0 spiro atoms. The quantitative estimate of drug-likeness (QED) is 0.323. The Balaban J connectivity index is 1.81. The fraction of sp³-hybridized carbons (Fsp3) is 0.115. The maximum absolute atomic E-state index is 13.2. The van der Waals surface area contributed by atoms with Crippen LogP contribution in [0, 0.1) is 0 Å². The van der Waals surface area contributed by atoms with Gasteiger partial charge in [0.25, 0.3) is 5.56 Å². The average Bonchev–Trinajstić information content (AvgIpc) is 3.27. The molecule has 0 unspecified atom stereocenters. The van der Waals surface area contributed by atoms with Crippen LogP contribution in [-0.4, -0.2) is 18.5 Å². The van der Waals surface area contributed by atoms with E-state index < -0.39 is 15.4 Å². The lowest BCUT2D eigenvalue weighted by atomic mass is 9.92. The first-order valence-corrected chi connectivity index (χ1v) is 12.9. The summed E-state index contributed by atoms with van der Waals surface area (Å²) in [6, 6.07) is 20.3. The fourth-order valence-corrected chi connectivity index (χ4v) is 6.88. The Bertz CT molecular complexity index is 1710. The molecule has 5 aromatic rings. The number of rotatable bonds is 4. The molecule has 0 bridgehead atoms. The van der Waals surface area contributed by atoms with Gasteiger partial charge in [0.05, 0.1) is 4.90 Å². The summed E-state index contributed by atoms with van der Waals surface area (Å²) in [6.45, 7) is 3.82. The molecule has 0 atom stereocenters. The van der Waals surface area contributed by atoms with E-state index in [0.29, 0.717) is 21.9 Å². The molecule has 0 aliphatic carbocycles. The minimum absolute atomic E-state index is 0.0271. The maximum Gasteiger partial charge on any atom is 0.266 e. The summed E-state index contributed by atoms with van der Waals surface area (Å²) >= 11 is 0.926. The van der Waals surface area contributed by atoms with E-state index in [4.69, 9.17) is 5.73 Å². The first-order valence-electron chi connectivity index (χ1n) is 10.6. The Morgan fingerprint density at radius 3 is 2.29 bits per heavy atom. The second-order valence-corrected chi connectivity index (χ2v) is 12.0. The van der Waals surface area contributed by atoms with Gasteiger partial charge in [-0.05, 0) is 55.3 Å². The van der Waals surface area contributed by atoms with Crippen molar-refractivity contribution in [2.24, 2.45) is 5.73 Å². The lowest BCUT2D eigenvalue weighted by Crippen LogP contribution is -2.28. The molecule has 8 heteroatoms. The minimum Gasteiger partial charge on any atom is -0.507 e. The molecule has 6 nitrogen and oxygen atoms in total. The van der Waals surface area contributed by atoms with Crippen molar-refractivity contribution in [1.82, 2.24) is 4.98 Å². The number of H-pyrrole nitrogens is 1. The summed E-state index contributed by atoms with van der Waals surface area (Å²) in [7, 11) is -3.81. The number of nitrogens with one attached hydrogen (secondary N) is 1. The van der Waals surface area contributed by atoms with Crippen LogP contribution in [0.1, 0.15) is 19.4 Å². The number of sulfone groups is 1. The molecular weight excluding hydrogens is 468 g/mol. The van der Waals surface area contributed by atoms with E-state index in [0.717, 1.165) is 22.5 Å². The summed E-state index contributed by atoms with van der Waals surface area (Å²) in [5.41, 5.74) is 7.99. The van der Waals surface area contributed by atoms with Gasteiger partial charge in [0.2, 0.25) is 9.84 Å². The first-order chi connectivity index (χ1) is 16.1. The number of phenolic OH excluding ortho intramolecular Hbond substituents is 1. The van der Waals surface area contributed by atoms with Crippen molar-refractivity contribution in [2.75, 3.05) is 0 Å². The number of aromatic amines is 1. The number of phenols is 1. The molecule has 0 saturated carbocycles. The molecule has 2 heterocycles. The monoisotopic (exact) mass is 490 g/mol. The Labute approximate surface area is 200 Å². The molecule has 0 amide bonds. The molecule has 0 aliphatic heterocycles. The topological polar surface area (TPSA) is 113 Å². The number of nitrogens with two attached hydrogens (primary N) is 1. The zero-order chi connectivity index (χ0) is 24.3. The van der Waals surface area contributed by atoms with Crippen molar-refractivity contribution in [3.8, 4) is 16.9 Å². The summed E-state index contributed by atoms with van der Waals surface area (Å²) < 4.78 is 26.8. The summed E-state index contributed by atoms with van der Waals surface area (Å²) in [6.07, 6.45) is 0. The number of aromatic nitrogens is 1. The van der Waals surface area contributed by atoms with Crippen molar-refractivity contribution in [3.63, 3.8) is 0 Å². The number of hydrogen-bond acceptors (Lipinski definition) is 6. The van der Waals surface area contributed by atoms with Gasteiger partial charge in [-0.1, -0.05) is 42.5 Å². The van der Waals surface area contributed by atoms with Crippen LogP contribution < -0.4 is 11.3 Å². The third-order valence-electron chi connectivity index (χ3n) is 5.85. The van der Waals surface area contributed by atoms with E-state index in [1.165, 1.54) is 24.3 Å². The number of benzene rings is 3. The number of thiophene rings is 1. The standard InChI is InChI=1S/C26H22N2O4S2/c1-26(2,27)16-10-8-15(9-11-16)22-20(29)13-12-19-23(22)18-14-21(33-24(18)25(30)28-19)34(31,32)17-6-4-3-5-7-17/h3-14,29H,27H2,1-2H3,(H,28,30). The number of hydrogen-bond donors (Lipinski definition) is 3. The molecule has 0 radical (unpaired) electrons. The highest BCUT2D eigenvalue weighted by molar-refractivity contribution is 7.93. The van der Waals surface area contributed by atoms with Crippen molar-refractivity contribution >= 4 is 42.2 Å². The predicted molar refractivity (Wildman–Crippen MR) is 136 cm³/mol. The van der Waals surface area contributed by atoms with Crippen LogP contribution in [-0.2, 0) is 15.4 Å². The summed E-state index contributed by atoms with van der Waals surface area (Å²) in [5.74, 6) is 0.0271. The Morgan fingerprint density at radius 2 is 1.65 bits per heavy atom. The van der Waals surface area contributed by atoms with Gasteiger partial charge in [-0.25, -0.2) is 8.42 Å². The SMILES string of the molecule is CC(C)(N)c1ccc(-c2c(O)ccc3[nH]c(=O)c4sc(S(=O)(=O)c5ccccc5)cc4c23)cc1. The van der Waals surface area contributed by atoms with Gasteiger partial charge in [-0.15, -0.1) is 11.3 Å². The van der Waals surface area contributed by atoms with E-state index in [1.807, 2.05) is 38.1 Å². The predicted octanol–water partition coefficient (Wildman–Crippen LogP) is 5.14. The van der Waals surface area contributed by atoms with Crippen molar-refractivity contribution < 1.29 is 13.5 Å². The third kappa shape index (κ3) is 3.60. The Hall–Kier alpha value is -3.46. The van der Waals surface area contributed by atoms with Gasteiger partial charge in [0.1, 0.15) is 14.7 Å². The molecule has 0 aliphatic rings. The smallest absolute Gasteiger partial charge is 0.266 e. The van der Waals surface area contributed by atoms with Gasteiger partial charge >= 0.3 is 0 Å². The number of aromatic hydroxyl groups is 1. The van der Waals surface area contributed by atoms with Crippen molar-refractivity contribution in [3.05, 3.63) is 88.7 Å². The molecule has 2 aromatic heterocycles. The van der Waals surface area contributed by atoms with E-state index in [1.54, 1.807) is 24.3 Å². The van der Waals surface area contributed by atoms with E-state index in [-0.39, 0.29) is 25.1 Å². The van der Waals surface area contributed by atoms with Crippen LogP contribution in [0.5, 0.6) is 5.75 Å². The van der Waals surface area contributed by atoms with E-state index in [2.05, 4.69) is 4.98 Å². The summed E-state index contributed by atoms with van der Waals surface area (Å²) in [5, 5.41) is 11.9. The molecule has 172 valence electrons. The lowest BCUT2D eigenvalue weighted by molar-refractivity contribution is 0.478. The zero-order valence-electron chi connectivity index (χ0n) is 18.5. The third-order valence-corrected chi connectivity index (χ3v) is 9.23. The van der Waals surface area contributed by atoms with Crippen LogP contribution >= 0.6 is 11.3 Å². The van der Waals surface area contributed by atoms with E-state index in [9.17, 15) is 18.3 Å². The zero-order valence-corrected chi connectivity index (χ0v) is 20.1. The highest BCUT2D eigenvalue weighted by Gasteiger charge is 2.24. The second-order valence-electron chi connectivity index (χ2n) is 8.76. The van der Waals surface area contributed by atoms with Gasteiger partial charge in [-0.2, -0.15) is 0 Å². The Morgan fingerprint density at radius 1 is 0.971 bits per heavy atom. The van der Waals surface area contributed by atoms with Crippen LogP contribution in [0.15, 0.2) is 86.7 Å². The van der Waals surface area contributed by atoms with E-state index >= 15 is 0 Å². The van der Waals surface area contributed by atoms with Gasteiger partial charge in [0, 0.05) is 27.4 Å². The average molecular weight is 491 g/mol. The molecular formula is C26H22N2O4S2. The fourth-order valence-electron chi connectivity index (χ4n) is 4.08. The van der Waals surface area contributed by atoms with Gasteiger partial charge < -0.3 is 15.8 Å². The molecule has 0 fully saturated rings. The number of fused-ring (bicyclic) bond motifs is 3. The molecule has 4 N–H and O–H groups in total. The second kappa shape index (κ2) is 7.80. The normalized spacial score (nSPS) is 12.4. The van der Waals surface area contributed by atoms with Crippen molar-refractivity contribution in [2.45, 2.75) is 28.5 Å². The largest absolute Gasteiger partial charge is 0.507 e. The molecule has 34 heavy (non-hydrogen) atoms. The van der Waals surface area contributed by atoms with Crippen LogP contribution in [0.3, 0.4) is 0 Å². The summed E-state index contributed by atoms with van der Waals surface area (Å²) in [4.78, 5) is 15.8. The van der Waals surface area contributed by atoms with Crippen LogP contribution in [0.25, 0.3) is 32.1 Å². The first kappa shape index (κ1) is 22.3. The Kier molecular flexibility index (Phi) is 5.12. The minimum atomic E-state index is -3.81. The van der Waals surface area contributed by atoms with Crippen LogP contribution in [0.4, 0.5) is 0 Å². The van der Waals surface area contributed by atoms with Crippen LogP contribution in [0.2, 0.25) is 0 Å². The molecule has 0 saturated heterocycles. The molecule has 5 rings (SSSR count). The maximum atomic E-state index is 13.2. The van der Waals surface area contributed by atoms with Gasteiger partial charge in [0.15, 0.2) is 0 Å². The molecule has 3 aromatic carbocycles.